The number of nitrogens with zero attached hydrogens (tertiary/aromatic N) is 1. The van der Waals surface area contributed by atoms with E-state index in [1.54, 1.807) is 12.1 Å². The minimum atomic E-state index is -0.899. The fourth-order valence-corrected chi connectivity index (χ4v) is 2.26. The molecule has 0 aliphatic heterocycles. The predicted octanol–water partition coefficient (Wildman–Crippen LogP) is 3.97. The molecule has 5 heteroatoms. The number of rotatable bonds is 1. The van der Waals surface area contributed by atoms with Crippen LogP contribution >= 0.6 is 12.2 Å². The Balaban J connectivity index is 2.46. The smallest absolute Gasteiger partial charge is 0.184 e. The van der Waals surface area contributed by atoms with E-state index >= 15 is 0 Å². The SMILES string of the molecule is Fc1ccc2[nH]c(=S)n(-c3ccccc3)c2c1F. The Labute approximate surface area is 106 Å². The molecule has 3 rings (SSSR count). The second kappa shape index (κ2) is 4.03. The molecule has 0 bridgehead atoms. The molecule has 0 amide bonds. The number of H-pyrrole nitrogens is 1. The van der Waals surface area contributed by atoms with Crippen molar-refractivity contribution in [2.24, 2.45) is 0 Å². The summed E-state index contributed by atoms with van der Waals surface area (Å²) in [6, 6.07) is 11.6. The number of para-hydroxylation sites is 1. The first kappa shape index (κ1) is 11.1. The van der Waals surface area contributed by atoms with Gasteiger partial charge in [-0.05, 0) is 36.5 Å². The van der Waals surface area contributed by atoms with Crippen molar-refractivity contribution in [3.8, 4) is 5.69 Å². The van der Waals surface area contributed by atoms with E-state index in [-0.39, 0.29) is 5.52 Å². The Kier molecular flexibility index (Phi) is 2.48. The maximum absolute atomic E-state index is 13.9. The fourth-order valence-electron chi connectivity index (χ4n) is 1.96. The molecular weight excluding hydrogens is 254 g/mol. The second-order valence-electron chi connectivity index (χ2n) is 3.86. The van der Waals surface area contributed by atoms with Crippen molar-refractivity contribution >= 4 is 23.3 Å². The van der Waals surface area contributed by atoms with E-state index in [2.05, 4.69) is 4.98 Å². The summed E-state index contributed by atoms with van der Waals surface area (Å²) in [6.07, 6.45) is 0. The number of benzene rings is 2. The first-order valence-corrected chi connectivity index (χ1v) is 5.73. The average molecular weight is 262 g/mol. The monoisotopic (exact) mass is 262 g/mol. The molecule has 1 aromatic heterocycles. The van der Waals surface area contributed by atoms with Gasteiger partial charge in [0.15, 0.2) is 16.4 Å². The summed E-state index contributed by atoms with van der Waals surface area (Å²) in [6.45, 7) is 0. The van der Waals surface area contributed by atoms with Crippen LogP contribution in [0.3, 0.4) is 0 Å². The molecule has 0 spiro atoms. The number of fused-ring (bicyclic) bond motifs is 1. The number of aromatic nitrogens is 2. The van der Waals surface area contributed by atoms with E-state index in [1.165, 1.54) is 10.6 Å². The zero-order valence-electron chi connectivity index (χ0n) is 9.15. The molecule has 0 radical (unpaired) electrons. The number of imidazole rings is 1. The van der Waals surface area contributed by atoms with Crippen LogP contribution in [0.4, 0.5) is 8.78 Å². The van der Waals surface area contributed by atoms with Crippen LogP contribution in [-0.4, -0.2) is 9.55 Å². The molecule has 2 aromatic carbocycles. The largest absolute Gasteiger partial charge is 0.330 e. The molecular formula is C13H8F2N2S. The van der Waals surface area contributed by atoms with Gasteiger partial charge in [0, 0.05) is 5.69 Å². The number of aromatic amines is 1. The number of nitrogens with one attached hydrogen (secondary N) is 1. The van der Waals surface area contributed by atoms with Crippen LogP contribution in [0.5, 0.6) is 0 Å². The molecule has 0 saturated heterocycles. The topological polar surface area (TPSA) is 20.7 Å². The minimum absolute atomic E-state index is 0.131. The highest BCUT2D eigenvalue weighted by Gasteiger charge is 2.14. The summed E-state index contributed by atoms with van der Waals surface area (Å²) >= 11 is 5.16. The lowest BCUT2D eigenvalue weighted by Crippen LogP contribution is -1.96. The Hall–Kier alpha value is -2.01. The van der Waals surface area contributed by atoms with Crippen molar-refractivity contribution in [3.63, 3.8) is 0 Å². The summed E-state index contributed by atoms with van der Waals surface area (Å²) in [5.41, 5.74) is 1.30. The van der Waals surface area contributed by atoms with Crippen LogP contribution in [0.1, 0.15) is 0 Å². The zero-order valence-corrected chi connectivity index (χ0v) is 9.97. The Morgan fingerprint density at radius 2 is 1.72 bits per heavy atom. The number of halogens is 2. The third kappa shape index (κ3) is 1.55. The van der Waals surface area contributed by atoms with E-state index < -0.39 is 11.6 Å². The van der Waals surface area contributed by atoms with Gasteiger partial charge in [-0.3, -0.25) is 4.57 Å². The lowest BCUT2D eigenvalue weighted by atomic mass is 10.2. The van der Waals surface area contributed by atoms with Crippen molar-refractivity contribution in [2.75, 3.05) is 0 Å². The van der Waals surface area contributed by atoms with Gasteiger partial charge in [0.05, 0.1) is 5.52 Å². The van der Waals surface area contributed by atoms with Crippen molar-refractivity contribution in [2.45, 2.75) is 0 Å². The van der Waals surface area contributed by atoms with Crippen LogP contribution in [-0.2, 0) is 0 Å². The molecule has 0 atom stereocenters. The molecule has 1 heterocycles. The molecule has 0 aliphatic carbocycles. The Morgan fingerprint density at radius 1 is 1.00 bits per heavy atom. The van der Waals surface area contributed by atoms with Crippen LogP contribution in [0, 0.1) is 16.4 Å². The van der Waals surface area contributed by atoms with Crippen LogP contribution in [0.15, 0.2) is 42.5 Å². The third-order valence-corrected chi connectivity index (χ3v) is 3.04. The quantitative estimate of drug-likeness (QED) is 0.658. The fraction of sp³-hybridized carbons (Fsp3) is 0. The number of hydrogen-bond donors (Lipinski definition) is 1. The molecule has 90 valence electrons. The summed E-state index contributed by atoms with van der Waals surface area (Å²) in [4.78, 5) is 2.86. The molecule has 3 aromatic rings. The van der Waals surface area contributed by atoms with Crippen molar-refractivity contribution in [1.29, 1.82) is 0 Å². The Bertz CT molecular complexity index is 775. The van der Waals surface area contributed by atoms with Crippen LogP contribution < -0.4 is 0 Å². The lowest BCUT2D eigenvalue weighted by Gasteiger charge is -2.04. The molecule has 1 N–H and O–H groups in total. The highest BCUT2D eigenvalue weighted by molar-refractivity contribution is 7.71. The predicted molar refractivity (Wildman–Crippen MR) is 68.4 cm³/mol. The highest BCUT2D eigenvalue weighted by atomic mass is 32.1. The van der Waals surface area contributed by atoms with E-state index in [4.69, 9.17) is 12.2 Å². The zero-order chi connectivity index (χ0) is 12.7. The third-order valence-electron chi connectivity index (χ3n) is 2.75. The molecule has 0 fully saturated rings. The maximum atomic E-state index is 13.9. The van der Waals surface area contributed by atoms with Gasteiger partial charge in [-0.25, -0.2) is 8.78 Å². The van der Waals surface area contributed by atoms with Gasteiger partial charge in [0.2, 0.25) is 0 Å². The van der Waals surface area contributed by atoms with Crippen molar-refractivity contribution in [3.05, 3.63) is 58.9 Å². The van der Waals surface area contributed by atoms with E-state index in [0.29, 0.717) is 16.0 Å². The Morgan fingerprint density at radius 3 is 2.44 bits per heavy atom. The summed E-state index contributed by atoms with van der Waals surface area (Å²) < 4.78 is 29.0. The summed E-state index contributed by atoms with van der Waals surface area (Å²) in [5, 5.41) is 0. The second-order valence-corrected chi connectivity index (χ2v) is 4.25. The average Bonchev–Trinajstić information content (AvgIpc) is 2.72. The summed E-state index contributed by atoms with van der Waals surface area (Å²) in [5.74, 6) is -1.79. The lowest BCUT2D eigenvalue weighted by molar-refractivity contribution is 0.514. The molecule has 0 saturated carbocycles. The van der Waals surface area contributed by atoms with Gasteiger partial charge in [-0.15, -0.1) is 0 Å². The van der Waals surface area contributed by atoms with Crippen LogP contribution in [0.2, 0.25) is 0 Å². The first-order valence-electron chi connectivity index (χ1n) is 5.32. The molecule has 0 unspecified atom stereocenters. The number of hydrogen-bond acceptors (Lipinski definition) is 1. The summed E-state index contributed by atoms with van der Waals surface area (Å²) in [7, 11) is 0. The van der Waals surface area contributed by atoms with Crippen molar-refractivity contribution < 1.29 is 8.78 Å². The standard InChI is InChI=1S/C13H8F2N2S/c14-9-6-7-10-12(11(9)15)17(13(18)16-10)8-4-2-1-3-5-8/h1-7H,(H,16,18). The molecule has 2 nitrogen and oxygen atoms in total. The van der Waals surface area contributed by atoms with Gasteiger partial charge in [0.1, 0.15) is 5.52 Å². The van der Waals surface area contributed by atoms with Gasteiger partial charge >= 0.3 is 0 Å². The van der Waals surface area contributed by atoms with Gasteiger partial charge in [-0.2, -0.15) is 0 Å². The van der Waals surface area contributed by atoms with E-state index in [1.807, 2.05) is 18.2 Å². The minimum Gasteiger partial charge on any atom is -0.330 e. The van der Waals surface area contributed by atoms with Gasteiger partial charge in [-0.1, -0.05) is 18.2 Å². The van der Waals surface area contributed by atoms with E-state index in [0.717, 1.165) is 6.07 Å². The normalized spacial score (nSPS) is 11.0. The van der Waals surface area contributed by atoms with Crippen LogP contribution in [0.25, 0.3) is 16.7 Å². The molecule has 18 heavy (non-hydrogen) atoms. The molecule has 0 aliphatic rings. The first-order chi connectivity index (χ1) is 8.68. The van der Waals surface area contributed by atoms with Gasteiger partial charge in [0.25, 0.3) is 0 Å². The van der Waals surface area contributed by atoms with E-state index in [9.17, 15) is 8.78 Å². The van der Waals surface area contributed by atoms with Crippen molar-refractivity contribution in [1.82, 2.24) is 9.55 Å². The van der Waals surface area contributed by atoms with Gasteiger partial charge < -0.3 is 4.98 Å². The highest BCUT2D eigenvalue weighted by Crippen LogP contribution is 2.23. The maximum Gasteiger partial charge on any atom is 0.184 e.